The summed E-state index contributed by atoms with van der Waals surface area (Å²) in [7, 11) is 1.81. The molecule has 0 fully saturated rings. The Morgan fingerprint density at radius 1 is 1.28 bits per heavy atom. The number of H-pyrrole nitrogens is 1. The molecule has 5 rings (SSSR count). The number of hydrogen-bond donors (Lipinski definition) is 4. The van der Waals surface area contributed by atoms with Crippen molar-refractivity contribution in [1.29, 1.82) is 0 Å². The van der Waals surface area contributed by atoms with Gasteiger partial charge in [0.25, 0.3) is 5.91 Å². The lowest BCUT2D eigenvalue weighted by atomic mass is 10.1. The molecule has 10 nitrogen and oxygen atoms in total. The number of aromatic nitrogens is 5. The first-order chi connectivity index (χ1) is 14.1. The molecule has 4 heterocycles. The summed E-state index contributed by atoms with van der Waals surface area (Å²) < 4.78 is 7.40. The van der Waals surface area contributed by atoms with Crippen LogP contribution in [0.25, 0.3) is 16.6 Å². The Morgan fingerprint density at radius 3 is 3.03 bits per heavy atom. The summed E-state index contributed by atoms with van der Waals surface area (Å²) in [5.41, 5.74) is 4.43. The van der Waals surface area contributed by atoms with E-state index in [1.807, 2.05) is 25.1 Å². The molecule has 1 aromatic carbocycles. The molecule has 1 aliphatic rings. The maximum atomic E-state index is 12.8. The monoisotopic (exact) mass is 392 g/mol. The Balaban J connectivity index is 1.69. The van der Waals surface area contributed by atoms with Crippen LogP contribution in [0.15, 0.2) is 30.6 Å². The molecule has 0 unspecified atom stereocenters. The second kappa shape index (κ2) is 6.74. The predicted molar refractivity (Wildman–Crippen MR) is 108 cm³/mol. The first kappa shape index (κ1) is 17.4. The van der Waals surface area contributed by atoms with Crippen molar-refractivity contribution in [2.45, 2.75) is 19.6 Å². The quantitative estimate of drug-likeness (QED) is 0.391. The Labute approximate surface area is 165 Å². The molecule has 1 aliphatic heterocycles. The van der Waals surface area contributed by atoms with Crippen LogP contribution < -0.4 is 16.0 Å². The van der Waals surface area contributed by atoms with Crippen molar-refractivity contribution in [2.75, 3.05) is 24.3 Å². The van der Waals surface area contributed by atoms with Gasteiger partial charge in [-0.2, -0.15) is 5.10 Å². The summed E-state index contributed by atoms with van der Waals surface area (Å²) in [5.74, 6) is 0.320. The summed E-state index contributed by atoms with van der Waals surface area (Å²) in [5, 5.41) is 22.1. The van der Waals surface area contributed by atoms with Gasteiger partial charge in [0.1, 0.15) is 0 Å². The number of anilines is 3. The molecule has 0 spiro atoms. The van der Waals surface area contributed by atoms with Gasteiger partial charge in [-0.3, -0.25) is 9.89 Å². The van der Waals surface area contributed by atoms with E-state index in [4.69, 9.17) is 4.74 Å². The highest BCUT2D eigenvalue weighted by molar-refractivity contribution is 5.94. The molecule has 0 aliphatic carbocycles. The summed E-state index contributed by atoms with van der Waals surface area (Å²) in [6, 6.07) is 5.67. The predicted octanol–water partition coefficient (Wildman–Crippen LogP) is 2.04. The van der Waals surface area contributed by atoms with Crippen molar-refractivity contribution in [1.82, 2.24) is 30.1 Å². The smallest absolute Gasteiger partial charge is 0.271 e. The van der Waals surface area contributed by atoms with Crippen molar-refractivity contribution >= 4 is 39.6 Å². The molecule has 4 N–H and O–H groups in total. The van der Waals surface area contributed by atoms with Crippen molar-refractivity contribution < 1.29 is 9.53 Å². The SMILES string of the molecule is CNc1cc2nn3c(cnc13)C(=O)N[C@H](C)COCc1cc(cc3cn[nH]c13)N2. The van der Waals surface area contributed by atoms with Gasteiger partial charge >= 0.3 is 0 Å². The van der Waals surface area contributed by atoms with Gasteiger partial charge in [0.05, 0.1) is 36.8 Å². The highest BCUT2D eigenvalue weighted by Gasteiger charge is 2.19. The van der Waals surface area contributed by atoms with Crippen molar-refractivity contribution in [3.63, 3.8) is 0 Å². The van der Waals surface area contributed by atoms with Crippen LogP contribution in [0.5, 0.6) is 0 Å². The third-order valence-electron chi connectivity index (χ3n) is 4.88. The van der Waals surface area contributed by atoms with Crippen LogP contribution in [-0.4, -0.2) is 50.4 Å². The second-order valence-corrected chi connectivity index (χ2v) is 7.06. The Kier molecular flexibility index (Phi) is 4.06. The standard InChI is InChI=1S/C19H20N8O2/c1-10-8-29-9-12-4-13(3-11-6-22-25-17(11)12)24-16-5-14(20-2)18-21-7-15(19(28)23-10)27(18)26-16/h3-7,10,20H,8-9H2,1-2H3,(H,22,25)(H,23,28)(H,24,26)/t10-/m1/s1. The fourth-order valence-corrected chi connectivity index (χ4v) is 3.52. The summed E-state index contributed by atoms with van der Waals surface area (Å²) in [6.07, 6.45) is 3.30. The van der Waals surface area contributed by atoms with Gasteiger partial charge in [-0.05, 0) is 19.1 Å². The van der Waals surface area contributed by atoms with E-state index in [0.29, 0.717) is 30.4 Å². The lowest BCUT2D eigenvalue weighted by molar-refractivity contribution is 0.0817. The number of nitrogens with zero attached hydrogens (tertiary/aromatic N) is 4. The topological polar surface area (TPSA) is 121 Å². The number of carbonyl (C=O) groups is 1. The van der Waals surface area contributed by atoms with E-state index in [-0.39, 0.29) is 11.9 Å². The fraction of sp³-hybridized carbons (Fsp3) is 0.263. The van der Waals surface area contributed by atoms with Gasteiger partial charge in [0.15, 0.2) is 17.2 Å². The van der Waals surface area contributed by atoms with Crippen LogP contribution in [0.3, 0.4) is 0 Å². The van der Waals surface area contributed by atoms with Gasteiger partial charge in [0.2, 0.25) is 0 Å². The maximum absolute atomic E-state index is 12.8. The number of imidazole rings is 1. The Hall–Kier alpha value is -3.66. The van der Waals surface area contributed by atoms with Crippen LogP contribution in [-0.2, 0) is 11.3 Å². The summed E-state index contributed by atoms with van der Waals surface area (Å²) in [6.45, 7) is 2.66. The molecule has 4 bridgehead atoms. The third kappa shape index (κ3) is 3.03. The highest BCUT2D eigenvalue weighted by atomic mass is 16.5. The number of fused-ring (bicyclic) bond motifs is 5. The third-order valence-corrected chi connectivity index (χ3v) is 4.88. The molecule has 148 valence electrons. The van der Waals surface area contributed by atoms with Crippen LogP contribution in [0.4, 0.5) is 17.2 Å². The van der Waals surface area contributed by atoms with E-state index < -0.39 is 0 Å². The zero-order chi connectivity index (χ0) is 20.0. The minimum atomic E-state index is -0.258. The molecule has 0 radical (unpaired) electrons. The number of nitrogens with one attached hydrogen (secondary N) is 4. The first-order valence-electron chi connectivity index (χ1n) is 9.30. The van der Waals surface area contributed by atoms with E-state index in [1.54, 1.807) is 17.8 Å². The van der Waals surface area contributed by atoms with Gasteiger partial charge in [-0.1, -0.05) is 0 Å². The van der Waals surface area contributed by atoms with Crippen LogP contribution >= 0.6 is 0 Å². The van der Waals surface area contributed by atoms with Crippen molar-refractivity contribution in [3.8, 4) is 0 Å². The van der Waals surface area contributed by atoms with E-state index >= 15 is 0 Å². The molecular weight excluding hydrogens is 372 g/mol. The maximum Gasteiger partial charge on any atom is 0.271 e. The molecule has 0 saturated heterocycles. The van der Waals surface area contributed by atoms with Gasteiger partial charge in [-0.25, -0.2) is 9.50 Å². The van der Waals surface area contributed by atoms with Gasteiger partial charge in [-0.15, -0.1) is 5.10 Å². The van der Waals surface area contributed by atoms with E-state index in [0.717, 1.165) is 27.8 Å². The van der Waals surface area contributed by atoms with Gasteiger partial charge < -0.3 is 20.7 Å². The van der Waals surface area contributed by atoms with Crippen molar-refractivity contribution in [2.24, 2.45) is 0 Å². The summed E-state index contributed by atoms with van der Waals surface area (Å²) >= 11 is 0. The zero-order valence-corrected chi connectivity index (χ0v) is 16.0. The average Bonchev–Trinajstić information content (AvgIpc) is 3.33. The number of hydrogen-bond acceptors (Lipinski definition) is 7. The number of amides is 1. The summed E-state index contributed by atoms with van der Waals surface area (Å²) in [4.78, 5) is 17.1. The molecule has 3 aromatic heterocycles. The lowest BCUT2D eigenvalue weighted by Gasteiger charge is -2.16. The van der Waals surface area contributed by atoms with Crippen LogP contribution in [0.1, 0.15) is 23.0 Å². The molecule has 4 aromatic rings. The molecule has 1 atom stereocenters. The number of carbonyl (C=O) groups excluding carboxylic acids is 1. The molecule has 29 heavy (non-hydrogen) atoms. The molecule has 10 heteroatoms. The van der Waals surface area contributed by atoms with Gasteiger partial charge in [0, 0.05) is 35.8 Å². The van der Waals surface area contributed by atoms with E-state index in [2.05, 4.69) is 36.2 Å². The number of rotatable bonds is 1. The second-order valence-electron chi connectivity index (χ2n) is 7.06. The van der Waals surface area contributed by atoms with Crippen LogP contribution in [0.2, 0.25) is 0 Å². The highest BCUT2D eigenvalue weighted by Crippen LogP contribution is 2.27. The van der Waals surface area contributed by atoms with Crippen LogP contribution in [0, 0.1) is 0 Å². The fourth-order valence-electron chi connectivity index (χ4n) is 3.52. The Bertz CT molecular complexity index is 1230. The molecule has 0 saturated carbocycles. The van der Waals surface area contributed by atoms with E-state index in [9.17, 15) is 4.79 Å². The largest absolute Gasteiger partial charge is 0.385 e. The normalized spacial score (nSPS) is 17.2. The number of aromatic amines is 1. The first-order valence-corrected chi connectivity index (χ1v) is 9.30. The zero-order valence-electron chi connectivity index (χ0n) is 16.0. The number of benzene rings is 1. The molecule has 1 amide bonds. The minimum Gasteiger partial charge on any atom is -0.385 e. The van der Waals surface area contributed by atoms with E-state index in [1.165, 1.54) is 6.20 Å². The molecular formula is C19H20N8O2. The lowest BCUT2D eigenvalue weighted by Crippen LogP contribution is -2.36. The average molecular weight is 392 g/mol. The minimum absolute atomic E-state index is 0.179. The number of ether oxygens (including phenoxy) is 1. The Morgan fingerprint density at radius 2 is 2.17 bits per heavy atom. The van der Waals surface area contributed by atoms with Crippen molar-refractivity contribution in [3.05, 3.63) is 41.9 Å².